The van der Waals surface area contributed by atoms with Gasteiger partial charge in [0, 0.05) is 12.7 Å². The molecule has 2 aromatic rings. The van der Waals surface area contributed by atoms with Crippen LogP contribution < -0.4 is 5.32 Å². The zero-order valence-corrected chi connectivity index (χ0v) is 9.24. The summed E-state index contributed by atoms with van der Waals surface area (Å²) in [6.45, 7) is 0.696. The number of aliphatic hydroxyl groups excluding tert-OH is 1. The molecule has 6 heteroatoms. The molecule has 0 saturated carbocycles. The van der Waals surface area contributed by atoms with Crippen molar-refractivity contribution < 1.29 is 5.11 Å². The molecule has 2 aromatic heterocycles. The Morgan fingerprint density at radius 2 is 2.41 bits per heavy atom. The Bertz CT molecular complexity index is 510. The summed E-state index contributed by atoms with van der Waals surface area (Å²) in [6, 6.07) is 5.94. The maximum atomic E-state index is 9.06. The molecule has 3 rings (SSSR count). The lowest BCUT2D eigenvalue weighted by atomic mass is 10.1. The van der Waals surface area contributed by atoms with Crippen molar-refractivity contribution in [2.75, 3.05) is 11.9 Å². The highest BCUT2D eigenvalue weighted by molar-refractivity contribution is 5.30. The summed E-state index contributed by atoms with van der Waals surface area (Å²) in [7, 11) is 0. The fourth-order valence-corrected chi connectivity index (χ4v) is 2.06. The molecule has 1 aliphatic rings. The van der Waals surface area contributed by atoms with E-state index in [-0.39, 0.29) is 12.6 Å². The summed E-state index contributed by atoms with van der Waals surface area (Å²) in [5.41, 5.74) is 0.977. The molecule has 0 bridgehead atoms. The third kappa shape index (κ3) is 1.76. The molecule has 88 valence electrons. The van der Waals surface area contributed by atoms with Crippen LogP contribution in [-0.2, 0) is 6.61 Å². The number of hydrogen-bond donors (Lipinski definition) is 2. The van der Waals surface area contributed by atoms with Crippen LogP contribution >= 0.6 is 0 Å². The van der Waals surface area contributed by atoms with Gasteiger partial charge in [-0.15, -0.1) is 0 Å². The van der Waals surface area contributed by atoms with E-state index >= 15 is 0 Å². The molecule has 17 heavy (non-hydrogen) atoms. The van der Waals surface area contributed by atoms with Crippen molar-refractivity contribution in [2.24, 2.45) is 0 Å². The Hall–Kier alpha value is -1.95. The van der Waals surface area contributed by atoms with Crippen molar-refractivity contribution in [3.8, 4) is 0 Å². The third-order valence-electron chi connectivity index (χ3n) is 2.84. The van der Waals surface area contributed by atoms with Crippen molar-refractivity contribution in [1.29, 1.82) is 0 Å². The van der Waals surface area contributed by atoms with E-state index in [0.29, 0.717) is 11.8 Å². The van der Waals surface area contributed by atoms with Gasteiger partial charge >= 0.3 is 0 Å². The van der Waals surface area contributed by atoms with Gasteiger partial charge in [-0.3, -0.25) is 4.98 Å². The SMILES string of the molecule is OCc1nc2n(n1)C(c1ccccn1)CCN2. The minimum Gasteiger partial charge on any atom is -0.388 e. The molecule has 0 spiro atoms. The summed E-state index contributed by atoms with van der Waals surface area (Å²) < 4.78 is 1.80. The molecule has 3 heterocycles. The van der Waals surface area contributed by atoms with Crippen LogP contribution in [-0.4, -0.2) is 31.4 Å². The highest BCUT2D eigenvalue weighted by Gasteiger charge is 2.24. The van der Waals surface area contributed by atoms with Gasteiger partial charge in [0.25, 0.3) is 0 Å². The van der Waals surface area contributed by atoms with Gasteiger partial charge in [0.05, 0.1) is 11.7 Å². The fourth-order valence-electron chi connectivity index (χ4n) is 2.06. The number of rotatable bonds is 2. The first-order chi connectivity index (χ1) is 8.38. The van der Waals surface area contributed by atoms with Crippen molar-refractivity contribution >= 4 is 5.95 Å². The quantitative estimate of drug-likeness (QED) is 0.790. The summed E-state index contributed by atoms with van der Waals surface area (Å²) in [5, 5.41) is 16.5. The van der Waals surface area contributed by atoms with Crippen LogP contribution in [0.5, 0.6) is 0 Å². The zero-order chi connectivity index (χ0) is 11.7. The third-order valence-corrected chi connectivity index (χ3v) is 2.84. The van der Waals surface area contributed by atoms with Gasteiger partial charge in [0.1, 0.15) is 6.61 Å². The molecule has 1 unspecified atom stereocenters. The van der Waals surface area contributed by atoms with Gasteiger partial charge in [-0.2, -0.15) is 10.1 Å². The second-order valence-corrected chi connectivity index (χ2v) is 3.94. The lowest BCUT2D eigenvalue weighted by Gasteiger charge is -2.23. The highest BCUT2D eigenvalue weighted by Crippen LogP contribution is 2.26. The Morgan fingerprint density at radius 1 is 1.47 bits per heavy atom. The van der Waals surface area contributed by atoms with Crippen molar-refractivity contribution in [2.45, 2.75) is 19.1 Å². The lowest BCUT2D eigenvalue weighted by molar-refractivity contribution is 0.270. The van der Waals surface area contributed by atoms with Crippen LogP contribution in [0.3, 0.4) is 0 Å². The number of aliphatic hydroxyl groups is 1. The molecule has 0 radical (unpaired) electrons. The predicted molar refractivity (Wildman–Crippen MR) is 61.4 cm³/mol. The molecule has 0 aromatic carbocycles. The molecule has 0 fully saturated rings. The van der Waals surface area contributed by atoms with E-state index in [1.807, 2.05) is 18.2 Å². The van der Waals surface area contributed by atoms with E-state index < -0.39 is 0 Å². The maximum absolute atomic E-state index is 9.06. The molecule has 6 nitrogen and oxygen atoms in total. The first kappa shape index (κ1) is 10.2. The Balaban J connectivity index is 2.02. The number of anilines is 1. The van der Waals surface area contributed by atoms with Gasteiger partial charge < -0.3 is 10.4 Å². The monoisotopic (exact) mass is 231 g/mol. The van der Waals surface area contributed by atoms with Gasteiger partial charge in [-0.25, -0.2) is 4.68 Å². The molecule has 0 saturated heterocycles. The van der Waals surface area contributed by atoms with Crippen LogP contribution in [0.25, 0.3) is 0 Å². The van der Waals surface area contributed by atoms with E-state index in [9.17, 15) is 0 Å². The molecule has 0 amide bonds. The average molecular weight is 231 g/mol. The smallest absolute Gasteiger partial charge is 0.222 e. The molecule has 1 atom stereocenters. The number of pyridine rings is 1. The van der Waals surface area contributed by atoms with Gasteiger partial charge in [0.2, 0.25) is 5.95 Å². The van der Waals surface area contributed by atoms with Crippen LogP contribution in [0.4, 0.5) is 5.95 Å². The van der Waals surface area contributed by atoms with E-state index in [1.165, 1.54) is 0 Å². The standard InChI is InChI=1S/C11H13N5O/c17-7-10-14-11-13-6-4-9(16(11)15-10)8-3-1-2-5-12-8/h1-3,5,9,17H,4,6-7H2,(H,13,14,15). The summed E-state index contributed by atoms with van der Waals surface area (Å²) in [6.07, 6.45) is 2.69. The van der Waals surface area contributed by atoms with Gasteiger partial charge in [-0.1, -0.05) is 6.07 Å². The van der Waals surface area contributed by atoms with Crippen molar-refractivity contribution in [1.82, 2.24) is 19.7 Å². The molecular formula is C11H13N5O. The largest absolute Gasteiger partial charge is 0.388 e. The maximum Gasteiger partial charge on any atom is 0.222 e. The number of nitrogens with one attached hydrogen (secondary N) is 1. The second kappa shape index (κ2) is 4.14. The summed E-state index contributed by atoms with van der Waals surface area (Å²) >= 11 is 0. The minimum atomic E-state index is -0.142. The average Bonchev–Trinajstić information content (AvgIpc) is 2.82. The van der Waals surface area contributed by atoms with Crippen LogP contribution in [0.2, 0.25) is 0 Å². The van der Waals surface area contributed by atoms with Crippen LogP contribution in [0, 0.1) is 0 Å². The first-order valence-corrected chi connectivity index (χ1v) is 5.59. The Labute approximate surface area is 98.3 Å². The summed E-state index contributed by atoms with van der Waals surface area (Å²) in [5.74, 6) is 1.14. The Morgan fingerprint density at radius 3 is 3.18 bits per heavy atom. The molecule has 2 N–H and O–H groups in total. The Kier molecular flexibility index (Phi) is 2.49. The van der Waals surface area contributed by atoms with E-state index in [2.05, 4.69) is 20.4 Å². The van der Waals surface area contributed by atoms with Crippen molar-refractivity contribution in [3.63, 3.8) is 0 Å². The first-order valence-electron chi connectivity index (χ1n) is 5.59. The zero-order valence-electron chi connectivity index (χ0n) is 9.24. The number of fused-ring (bicyclic) bond motifs is 1. The molecule has 1 aliphatic heterocycles. The number of nitrogens with zero attached hydrogens (tertiary/aromatic N) is 4. The van der Waals surface area contributed by atoms with E-state index in [1.54, 1.807) is 10.9 Å². The normalized spacial score (nSPS) is 18.5. The van der Waals surface area contributed by atoms with E-state index in [0.717, 1.165) is 18.7 Å². The fraction of sp³-hybridized carbons (Fsp3) is 0.364. The predicted octanol–water partition coefficient (Wildman–Crippen LogP) is 0.570. The highest BCUT2D eigenvalue weighted by atomic mass is 16.3. The van der Waals surface area contributed by atoms with E-state index in [4.69, 9.17) is 5.11 Å². The van der Waals surface area contributed by atoms with Gasteiger partial charge in [-0.05, 0) is 18.6 Å². The lowest BCUT2D eigenvalue weighted by Crippen LogP contribution is -2.25. The van der Waals surface area contributed by atoms with Gasteiger partial charge in [0.15, 0.2) is 5.82 Å². The second-order valence-electron chi connectivity index (χ2n) is 3.94. The number of hydrogen-bond acceptors (Lipinski definition) is 5. The van der Waals surface area contributed by atoms with Crippen molar-refractivity contribution in [3.05, 3.63) is 35.9 Å². The molecular weight excluding hydrogens is 218 g/mol. The number of aromatic nitrogens is 4. The molecule has 0 aliphatic carbocycles. The van der Waals surface area contributed by atoms with Crippen LogP contribution in [0.15, 0.2) is 24.4 Å². The summed E-state index contributed by atoms with van der Waals surface area (Å²) in [4.78, 5) is 8.57. The minimum absolute atomic E-state index is 0.0975. The van der Waals surface area contributed by atoms with Crippen LogP contribution in [0.1, 0.15) is 24.0 Å². The topological polar surface area (TPSA) is 75.9 Å².